The molecular weight excluding hydrogens is 460 g/mol. The van der Waals surface area contributed by atoms with Crippen molar-refractivity contribution in [2.24, 2.45) is 0 Å². The van der Waals surface area contributed by atoms with E-state index in [0.717, 1.165) is 40.4 Å². The molecule has 0 aliphatic carbocycles. The van der Waals surface area contributed by atoms with E-state index in [2.05, 4.69) is 25.0 Å². The SMILES string of the molecule is O=S(=O)(Nc1ccc(Nc2cc(-c3ccc4[nH]ccc4c3)ncn2)cc1)c1c(F)cccc1F. The van der Waals surface area contributed by atoms with Crippen molar-refractivity contribution in [3.05, 3.63) is 97.0 Å². The maximum atomic E-state index is 13.9. The first kappa shape index (κ1) is 21.5. The monoisotopic (exact) mass is 477 g/mol. The number of nitrogens with zero attached hydrogens (tertiary/aromatic N) is 2. The topological polar surface area (TPSA) is 99.8 Å². The summed E-state index contributed by atoms with van der Waals surface area (Å²) in [5.41, 5.74) is 3.48. The molecule has 5 aromatic rings. The lowest BCUT2D eigenvalue weighted by atomic mass is 10.1. The lowest BCUT2D eigenvalue weighted by Gasteiger charge is -2.11. The smallest absolute Gasteiger partial charge is 0.267 e. The van der Waals surface area contributed by atoms with Crippen LogP contribution in [0.5, 0.6) is 0 Å². The molecule has 0 fully saturated rings. The van der Waals surface area contributed by atoms with Crippen LogP contribution in [0.4, 0.5) is 26.0 Å². The molecule has 0 radical (unpaired) electrons. The zero-order chi connectivity index (χ0) is 23.7. The van der Waals surface area contributed by atoms with Crippen molar-refractivity contribution in [1.82, 2.24) is 15.0 Å². The van der Waals surface area contributed by atoms with E-state index >= 15 is 0 Å². The van der Waals surface area contributed by atoms with Crippen molar-refractivity contribution in [3.63, 3.8) is 0 Å². The van der Waals surface area contributed by atoms with Crippen LogP contribution in [-0.4, -0.2) is 23.4 Å². The van der Waals surface area contributed by atoms with Gasteiger partial charge < -0.3 is 10.3 Å². The van der Waals surface area contributed by atoms with Crippen LogP contribution >= 0.6 is 0 Å². The Labute approximate surface area is 193 Å². The third-order valence-electron chi connectivity index (χ3n) is 5.11. The summed E-state index contributed by atoms with van der Waals surface area (Å²) in [5.74, 6) is -1.79. The average Bonchev–Trinajstić information content (AvgIpc) is 3.28. The van der Waals surface area contributed by atoms with Gasteiger partial charge in [0.25, 0.3) is 10.0 Å². The number of fused-ring (bicyclic) bond motifs is 1. The van der Waals surface area contributed by atoms with Crippen LogP contribution in [0.25, 0.3) is 22.2 Å². The van der Waals surface area contributed by atoms with Crippen LogP contribution < -0.4 is 10.0 Å². The summed E-state index contributed by atoms with van der Waals surface area (Å²) < 4.78 is 54.8. The first-order chi connectivity index (χ1) is 16.4. The van der Waals surface area contributed by atoms with Gasteiger partial charge >= 0.3 is 0 Å². The molecule has 0 aliphatic heterocycles. The number of aromatic nitrogens is 3. The Morgan fingerprint density at radius 2 is 1.56 bits per heavy atom. The Balaban J connectivity index is 1.33. The van der Waals surface area contributed by atoms with Gasteiger partial charge in [-0.2, -0.15) is 0 Å². The van der Waals surface area contributed by atoms with Gasteiger partial charge in [0, 0.05) is 40.1 Å². The Morgan fingerprint density at radius 1 is 0.824 bits per heavy atom. The molecule has 7 nitrogen and oxygen atoms in total. The highest BCUT2D eigenvalue weighted by molar-refractivity contribution is 7.92. The normalized spacial score (nSPS) is 11.5. The van der Waals surface area contributed by atoms with E-state index in [1.165, 1.54) is 18.5 Å². The van der Waals surface area contributed by atoms with Crippen LogP contribution in [0.15, 0.2) is 90.2 Å². The van der Waals surface area contributed by atoms with E-state index in [9.17, 15) is 17.2 Å². The van der Waals surface area contributed by atoms with E-state index in [-0.39, 0.29) is 5.69 Å². The molecule has 0 amide bonds. The van der Waals surface area contributed by atoms with Crippen molar-refractivity contribution in [3.8, 4) is 11.3 Å². The maximum Gasteiger partial charge on any atom is 0.267 e. The molecule has 34 heavy (non-hydrogen) atoms. The summed E-state index contributed by atoms with van der Waals surface area (Å²) in [6.45, 7) is 0. The summed E-state index contributed by atoms with van der Waals surface area (Å²) in [7, 11) is -4.44. The van der Waals surface area contributed by atoms with Gasteiger partial charge in [0.05, 0.1) is 5.69 Å². The van der Waals surface area contributed by atoms with Crippen molar-refractivity contribution >= 4 is 38.1 Å². The second kappa shape index (κ2) is 8.56. The minimum absolute atomic E-state index is 0.149. The van der Waals surface area contributed by atoms with E-state index in [1.807, 2.05) is 30.5 Å². The summed E-state index contributed by atoms with van der Waals surface area (Å²) in [6, 6.07) is 18.8. The standard InChI is InChI=1S/C24H17F2N5O2S/c25-19-2-1-3-20(26)24(19)34(32,33)31-18-7-5-17(6-8-18)30-23-13-22(28-14-29-23)15-4-9-21-16(12-15)10-11-27-21/h1-14,27,31H,(H,28,29,30). The van der Waals surface area contributed by atoms with Gasteiger partial charge in [-0.15, -0.1) is 0 Å². The van der Waals surface area contributed by atoms with Crippen molar-refractivity contribution in [1.29, 1.82) is 0 Å². The second-order valence-electron chi connectivity index (χ2n) is 7.43. The molecule has 10 heteroatoms. The quantitative estimate of drug-likeness (QED) is 0.302. The number of anilines is 3. The average molecular weight is 477 g/mol. The van der Waals surface area contributed by atoms with Crippen LogP contribution in [0, 0.1) is 11.6 Å². The Morgan fingerprint density at radius 3 is 2.32 bits per heavy atom. The molecule has 0 unspecified atom stereocenters. The van der Waals surface area contributed by atoms with Crippen molar-refractivity contribution in [2.75, 3.05) is 10.0 Å². The summed E-state index contributed by atoms with van der Waals surface area (Å²) in [4.78, 5) is 10.7. The number of H-pyrrole nitrogens is 1. The number of aromatic amines is 1. The third-order valence-corrected chi connectivity index (χ3v) is 6.55. The number of hydrogen-bond acceptors (Lipinski definition) is 5. The van der Waals surface area contributed by atoms with E-state index in [0.29, 0.717) is 11.5 Å². The van der Waals surface area contributed by atoms with Crippen molar-refractivity contribution < 1.29 is 17.2 Å². The molecule has 2 aromatic heterocycles. The molecular formula is C24H17F2N5O2S. The fourth-order valence-electron chi connectivity index (χ4n) is 3.51. The molecule has 0 saturated carbocycles. The van der Waals surface area contributed by atoms with Gasteiger partial charge in [0.15, 0.2) is 4.90 Å². The summed E-state index contributed by atoms with van der Waals surface area (Å²) in [6.07, 6.45) is 3.32. The van der Waals surface area contributed by atoms with Crippen LogP contribution in [0.1, 0.15) is 0 Å². The molecule has 0 bridgehead atoms. The van der Waals surface area contributed by atoms with Crippen LogP contribution in [0.3, 0.4) is 0 Å². The molecule has 0 saturated heterocycles. The fraction of sp³-hybridized carbons (Fsp3) is 0. The predicted octanol–water partition coefficient (Wildman–Crippen LogP) is 5.45. The summed E-state index contributed by atoms with van der Waals surface area (Å²) >= 11 is 0. The molecule has 0 aliphatic rings. The number of halogens is 2. The van der Waals surface area contributed by atoms with Gasteiger partial charge in [-0.25, -0.2) is 27.2 Å². The maximum absolute atomic E-state index is 13.9. The number of nitrogens with one attached hydrogen (secondary N) is 3. The first-order valence-electron chi connectivity index (χ1n) is 10.1. The lowest BCUT2D eigenvalue weighted by molar-refractivity contribution is 0.521. The highest BCUT2D eigenvalue weighted by atomic mass is 32.2. The van der Waals surface area contributed by atoms with Gasteiger partial charge in [-0.1, -0.05) is 12.1 Å². The van der Waals surface area contributed by atoms with Gasteiger partial charge in [-0.3, -0.25) is 4.72 Å². The minimum atomic E-state index is -4.44. The number of sulfonamides is 1. The molecule has 0 atom stereocenters. The molecule has 170 valence electrons. The lowest BCUT2D eigenvalue weighted by Crippen LogP contribution is -2.16. The van der Waals surface area contributed by atoms with E-state index in [1.54, 1.807) is 18.2 Å². The zero-order valence-corrected chi connectivity index (χ0v) is 18.3. The molecule has 2 heterocycles. The third kappa shape index (κ3) is 4.30. The first-order valence-corrected chi connectivity index (χ1v) is 11.6. The van der Waals surface area contributed by atoms with E-state index in [4.69, 9.17) is 0 Å². The Kier molecular flexibility index (Phi) is 5.42. The van der Waals surface area contributed by atoms with Gasteiger partial charge in [0.1, 0.15) is 23.8 Å². The molecule has 3 aromatic carbocycles. The molecule has 0 spiro atoms. The zero-order valence-electron chi connectivity index (χ0n) is 17.5. The van der Waals surface area contributed by atoms with Gasteiger partial charge in [-0.05, 0) is 54.6 Å². The van der Waals surface area contributed by atoms with Crippen molar-refractivity contribution in [2.45, 2.75) is 4.90 Å². The number of benzene rings is 3. The van der Waals surface area contributed by atoms with E-state index < -0.39 is 26.6 Å². The minimum Gasteiger partial charge on any atom is -0.361 e. The highest BCUT2D eigenvalue weighted by Gasteiger charge is 2.23. The fourth-order valence-corrected chi connectivity index (χ4v) is 4.71. The Hall–Kier alpha value is -4.31. The number of hydrogen-bond donors (Lipinski definition) is 3. The van der Waals surface area contributed by atoms with Crippen LogP contribution in [0.2, 0.25) is 0 Å². The number of rotatable bonds is 6. The largest absolute Gasteiger partial charge is 0.361 e. The van der Waals surface area contributed by atoms with Gasteiger partial charge in [0.2, 0.25) is 0 Å². The summed E-state index contributed by atoms with van der Waals surface area (Å²) in [5, 5.41) is 4.20. The predicted molar refractivity (Wildman–Crippen MR) is 126 cm³/mol. The highest BCUT2D eigenvalue weighted by Crippen LogP contribution is 2.26. The molecule has 3 N–H and O–H groups in total. The Bertz CT molecular complexity index is 1580. The van der Waals surface area contributed by atoms with Crippen LogP contribution in [-0.2, 0) is 10.0 Å². The second-order valence-corrected chi connectivity index (χ2v) is 9.05. The molecule has 5 rings (SSSR count).